The fourth-order valence-corrected chi connectivity index (χ4v) is 2.97. The second kappa shape index (κ2) is 6.34. The zero-order chi connectivity index (χ0) is 16.6. The van der Waals surface area contributed by atoms with E-state index >= 15 is 0 Å². The third kappa shape index (κ3) is 3.12. The standard InChI is InChI=1S/C17H15BrClN3O/c1-3-13-16(22-9-11(18)5-7-15(22)20-13)17(23)21-14-8-12(19)6-4-10(14)2/h4-9H,3H2,1-2H3,(H,21,23). The average molecular weight is 393 g/mol. The van der Waals surface area contributed by atoms with Crippen molar-refractivity contribution in [2.24, 2.45) is 0 Å². The summed E-state index contributed by atoms with van der Waals surface area (Å²) in [6, 6.07) is 9.22. The van der Waals surface area contributed by atoms with Gasteiger partial charge in [-0.2, -0.15) is 0 Å². The highest BCUT2D eigenvalue weighted by molar-refractivity contribution is 9.10. The normalized spacial score (nSPS) is 11.0. The number of fused-ring (bicyclic) bond motifs is 1. The largest absolute Gasteiger partial charge is 0.320 e. The lowest BCUT2D eigenvalue weighted by Gasteiger charge is -2.10. The molecule has 0 aliphatic heterocycles. The molecule has 4 nitrogen and oxygen atoms in total. The Morgan fingerprint density at radius 2 is 2.13 bits per heavy atom. The quantitative estimate of drug-likeness (QED) is 0.691. The lowest BCUT2D eigenvalue weighted by atomic mass is 10.2. The minimum absolute atomic E-state index is 0.196. The number of benzene rings is 1. The van der Waals surface area contributed by atoms with Crippen LogP contribution in [0.3, 0.4) is 0 Å². The predicted octanol–water partition coefficient (Wildman–Crippen LogP) is 4.87. The van der Waals surface area contributed by atoms with Crippen LogP contribution in [0.5, 0.6) is 0 Å². The number of aryl methyl sites for hydroxylation is 2. The molecule has 0 bridgehead atoms. The van der Waals surface area contributed by atoms with Gasteiger partial charge in [-0.05, 0) is 59.1 Å². The van der Waals surface area contributed by atoms with Crippen molar-refractivity contribution in [3.05, 3.63) is 63.0 Å². The number of hydrogen-bond acceptors (Lipinski definition) is 2. The van der Waals surface area contributed by atoms with E-state index in [0.717, 1.165) is 21.4 Å². The second-order valence-corrected chi connectivity index (χ2v) is 6.60. The molecule has 0 aliphatic rings. The van der Waals surface area contributed by atoms with Crippen molar-refractivity contribution in [1.82, 2.24) is 9.38 Å². The maximum Gasteiger partial charge on any atom is 0.274 e. The number of halogens is 2. The Balaban J connectivity index is 2.06. The molecule has 1 N–H and O–H groups in total. The van der Waals surface area contributed by atoms with Crippen LogP contribution in [-0.2, 0) is 6.42 Å². The fraction of sp³-hybridized carbons (Fsp3) is 0.176. The van der Waals surface area contributed by atoms with Crippen LogP contribution >= 0.6 is 27.5 Å². The van der Waals surface area contributed by atoms with Crippen molar-refractivity contribution in [3.8, 4) is 0 Å². The Morgan fingerprint density at radius 1 is 1.35 bits per heavy atom. The Labute approximate surface area is 147 Å². The number of carbonyl (C=O) groups is 1. The maximum absolute atomic E-state index is 12.8. The van der Waals surface area contributed by atoms with Gasteiger partial charge in [-0.25, -0.2) is 4.98 Å². The topological polar surface area (TPSA) is 46.4 Å². The summed E-state index contributed by atoms with van der Waals surface area (Å²) in [5.41, 5.74) is 3.71. The molecule has 0 unspecified atom stereocenters. The Hall–Kier alpha value is -1.85. The van der Waals surface area contributed by atoms with Gasteiger partial charge in [0.1, 0.15) is 11.3 Å². The summed E-state index contributed by atoms with van der Waals surface area (Å²) < 4.78 is 2.69. The van der Waals surface area contributed by atoms with Crippen molar-refractivity contribution >= 4 is 44.8 Å². The van der Waals surface area contributed by atoms with Gasteiger partial charge in [-0.1, -0.05) is 24.6 Å². The lowest BCUT2D eigenvalue weighted by molar-refractivity contribution is 0.102. The summed E-state index contributed by atoms with van der Waals surface area (Å²) in [6.07, 6.45) is 2.53. The summed E-state index contributed by atoms with van der Waals surface area (Å²) >= 11 is 9.46. The predicted molar refractivity (Wildman–Crippen MR) is 96.4 cm³/mol. The van der Waals surface area contributed by atoms with E-state index in [1.165, 1.54) is 0 Å². The maximum atomic E-state index is 12.8. The van der Waals surface area contributed by atoms with E-state index in [2.05, 4.69) is 26.2 Å². The van der Waals surface area contributed by atoms with Crippen LogP contribution in [0.25, 0.3) is 5.65 Å². The molecule has 1 amide bonds. The minimum Gasteiger partial charge on any atom is -0.320 e. The van der Waals surface area contributed by atoms with Gasteiger partial charge in [-0.3, -0.25) is 9.20 Å². The molecule has 23 heavy (non-hydrogen) atoms. The minimum atomic E-state index is -0.196. The molecule has 2 aromatic heterocycles. The molecule has 0 saturated carbocycles. The Kier molecular flexibility index (Phi) is 4.41. The monoisotopic (exact) mass is 391 g/mol. The van der Waals surface area contributed by atoms with Crippen LogP contribution < -0.4 is 5.32 Å². The van der Waals surface area contributed by atoms with Gasteiger partial charge < -0.3 is 5.32 Å². The SMILES string of the molecule is CCc1nc2ccc(Br)cn2c1C(=O)Nc1cc(Cl)ccc1C. The van der Waals surface area contributed by atoms with Crippen LogP contribution in [0.4, 0.5) is 5.69 Å². The molecular weight excluding hydrogens is 378 g/mol. The molecule has 3 rings (SSSR count). The van der Waals surface area contributed by atoms with Crippen molar-refractivity contribution < 1.29 is 4.79 Å². The molecule has 0 saturated heterocycles. The molecule has 2 heterocycles. The van der Waals surface area contributed by atoms with Gasteiger partial charge in [-0.15, -0.1) is 0 Å². The number of aromatic nitrogens is 2. The molecule has 0 fully saturated rings. The molecule has 0 aliphatic carbocycles. The van der Waals surface area contributed by atoms with Gasteiger partial charge in [0.05, 0.1) is 5.69 Å². The van der Waals surface area contributed by atoms with Gasteiger partial charge >= 0.3 is 0 Å². The van der Waals surface area contributed by atoms with E-state index in [1.54, 1.807) is 16.5 Å². The first kappa shape index (κ1) is 16.0. The zero-order valence-electron chi connectivity index (χ0n) is 12.7. The van der Waals surface area contributed by atoms with Crippen molar-refractivity contribution in [1.29, 1.82) is 0 Å². The summed E-state index contributed by atoms with van der Waals surface area (Å²) in [5, 5.41) is 3.53. The van der Waals surface area contributed by atoms with Gasteiger partial charge in [0, 0.05) is 21.4 Å². The highest BCUT2D eigenvalue weighted by Crippen LogP contribution is 2.23. The van der Waals surface area contributed by atoms with Crippen LogP contribution in [0.2, 0.25) is 5.02 Å². The molecule has 6 heteroatoms. The van der Waals surface area contributed by atoms with E-state index in [1.807, 2.05) is 38.2 Å². The van der Waals surface area contributed by atoms with E-state index < -0.39 is 0 Å². The fourth-order valence-electron chi connectivity index (χ4n) is 2.46. The number of imidazole rings is 1. The number of rotatable bonds is 3. The number of anilines is 1. The Morgan fingerprint density at radius 3 is 2.87 bits per heavy atom. The molecule has 118 valence electrons. The van der Waals surface area contributed by atoms with E-state index in [9.17, 15) is 4.79 Å². The number of nitrogens with zero attached hydrogens (tertiary/aromatic N) is 2. The summed E-state index contributed by atoms with van der Waals surface area (Å²) in [7, 11) is 0. The summed E-state index contributed by atoms with van der Waals surface area (Å²) in [5.74, 6) is -0.196. The van der Waals surface area contributed by atoms with Crippen molar-refractivity contribution in [2.45, 2.75) is 20.3 Å². The smallest absolute Gasteiger partial charge is 0.274 e. The van der Waals surface area contributed by atoms with Gasteiger partial charge in [0.2, 0.25) is 0 Å². The number of nitrogens with one attached hydrogen (secondary N) is 1. The van der Waals surface area contributed by atoms with Crippen molar-refractivity contribution in [2.75, 3.05) is 5.32 Å². The van der Waals surface area contributed by atoms with Crippen molar-refractivity contribution in [3.63, 3.8) is 0 Å². The van der Waals surface area contributed by atoms with E-state index in [-0.39, 0.29) is 5.91 Å². The van der Waals surface area contributed by atoms with E-state index in [4.69, 9.17) is 11.6 Å². The van der Waals surface area contributed by atoms with Crippen LogP contribution in [0.15, 0.2) is 41.0 Å². The first-order valence-electron chi connectivity index (χ1n) is 7.23. The van der Waals surface area contributed by atoms with Gasteiger partial charge in [0.25, 0.3) is 5.91 Å². The first-order valence-corrected chi connectivity index (χ1v) is 8.40. The van der Waals surface area contributed by atoms with Gasteiger partial charge in [0.15, 0.2) is 0 Å². The third-order valence-electron chi connectivity index (χ3n) is 3.65. The first-order chi connectivity index (χ1) is 11.0. The molecule has 0 atom stereocenters. The number of hydrogen-bond donors (Lipinski definition) is 1. The molecule has 3 aromatic rings. The number of amides is 1. The summed E-state index contributed by atoms with van der Waals surface area (Å²) in [6.45, 7) is 3.91. The Bertz CT molecular complexity index is 904. The number of pyridine rings is 1. The van der Waals surface area contributed by atoms with Crippen LogP contribution in [-0.4, -0.2) is 15.3 Å². The second-order valence-electron chi connectivity index (χ2n) is 5.25. The zero-order valence-corrected chi connectivity index (χ0v) is 15.1. The van der Waals surface area contributed by atoms with Crippen LogP contribution in [0, 0.1) is 6.92 Å². The summed E-state index contributed by atoms with van der Waals surface area (Å²) in [4.78, 5) is 17.3. The molecular formula is C17H15BrClN3O. The highest BCUT2D eigenvalue weighted by atomic mass is 79.9. The molecule has 0 radical (unpaired) electrons. The number of carbonyl (C=O) groups excluding carboxylic acids is 1. The molecule has 0 spiro atoms. The van der Waals surface area contributed by atoms with Crippen LogP contribution in [0.1, 0.15) is 28.7 Å². The highest BCUT2D eigenvalue weighted by Gasteiger charge is 2.19. The lowest BCUT2D eigenvalue weighted by Crippen LogP contribution is -2.17. The average Bonchev–Trinajstić information content (AvgIpc) is 2.88. The third-order valence-corrected chi connectivity index (χ3v) is 4.36. The van der Waals surface area contributed by atoms with E-state index in [0.29, 0.717) is 22.8 Å². The molecule has 1 aromatic carbocycles.